The summed E-state index contributed by atoms with van der Waals surface area (Å²) in [6.45, 7) is 3.43. The van der Waals surface area contributed by atoms with Gasteiger partial charge in [0.15, 0.2) is 23.0 Å². The minimum atomic E-state index is 0.602. The first-order valence-corrected chi connectivity index (χ1v) is 10.5. The van der Waals surface area contributed by atoms with Gasteiger partial charge in [0.25, 0.3) is 0 Å². The van der Waals surface area contributed by atoms with E-state index in [2.05, 4.69) is 15.8 Å². The zero-order chi connectivity index (χ0) is 23.1. The molecule has 0 saturated carbocycles. The van der Waals surface area contributed by atoms with E-state index < -0.39 is 0 Å². The molecule has 0 fully saturated rings. The summed E-state index contributed by atoms with van der Waals surface area (Å²) in [5.74, 6) is 3.85. The fraction of sp³-hybridized carbons (Fsp3) is 0.458. The molecule has 0 bridgehead atoms. The van der Waals surface area contributed by atoms with Crippen LogP contribution in [0.3, 0.4) is 0 Å². The minimum Gasteiger partial charge on any atom is -0.493 e. The van der Waals surface area contributed by atoms with Crippen molar-refractivity contribution in [1.82, 2.24) is 4.90 Å². The molecule has 1 heterocycles. The van der Waals surface area contributed by atoms with E-state index in [4.69, 9.17) is 28.4 Å². The van der Waals surface area contributed by atoms with E-state index >= 15 is 0 Å². The van der Waals surface area contributed by atoms with E-state index in [1.165, 1.54) is 0 Å². The zero-order valence-corrected chi connectivity index (χ0v) is 19.8. The van der Waals surface area contributed by atoms with Crippen LogP contribution >= 0.6 is 0 Å². The van der Waals surface area contributed by atoms with Crippen LogP contribution in [0.15, 0.2) is 24.3 Å². The quantitative estimate of drug-likeness (QED) is 0.521. The molecular formula is C24H33N2O6+. The van der Waals surface area contributed by atoms with Gasteiger partial charge in [-0.05, 0) is 24.3 Å². The van der Waals surface area contributed by atoms with Crippen LogP contribution in [-0.2, 0) is 13.1 Å². The number of rotatable bonds is 10. The van der Waals surface area contributed by atoms with E-state index in [9.17, 15) is 0 Å². The number of nitrogens with zero attached hydrogens (tertiary/aromatic N) is 2. The van der Waals surface area contributed by atoms with Crippen molar-refractivity contribution in [3.05, 3.63) is 35.4 Å². The maximum absolute atomic E-state index is 5.49. The zero-order valence-electron chi connectivity index (χ0n) is 19.8. The first kappa shape index (κ1) is 23.4. The van der Waals surface area contributed by atoms with Crippen LogP contribution < -0.4 is 28.4 Å². The van der Waals surface area contributed by atoms with Gasteiger partial charge in [-0.2, -0.15) is 0 Å². The molecule has 0 spiro atoms. The Labute approximate surface area is 189 Å². The Hall–Kier alpha value is -3.29. The lowest BCUT2D eigenvalue weighted by Crippen LogP contribution is -2.35. The van der Waals surface area contributed by atoms with Gasteiger partial charge in [0.05, 0.1) is 55.7 Å². The van der Waals surface area contributed by atoms with Crippen molar-refractivity contribution in [2.75, 3.05) is 55.7 Å². The third-order valence-corrected chi connectivity index (χ3v) is 5.44. The fourth-order valence-electron chi connectivity index (χ4n) is 3.99. The Kier molecular flexibility index (Phi) is 7.92. The molecule has 1 aliphatic rings. The molecule has 0 N–H and O–H groups in total. The smallest absolute Gasteiger partial charge is 0.234 e. The van der Waals surface area contributed by atoms with Crippen molar-refractivity contribution in [2.24, 2.45) is 0 Å². The average Bonchev–Trinajstić information content (AvgIpc) is 2.82. The number of hydrogen-bond donors (Lipinski definition) is 0. The summed E-state index contributed by atoms with van der Waals surface area (Å²) in [5.41, 5.74) is 2.18. The number of methoxy groups -OCH3 is 6. The highest BCUT2D eigenvalue weighted by Gasteiger charge is 2.21. The molecule has 2 aromatic carbocycles. The van der Waals surface area contributed by atoms with Crippen molar-refractivity contribution in [3.8, 4) is 34.5 Å². The van der Waals surface area contributed by atoms with Crippen molar-refractivity contribution in [1.29, 1.82) is 0 Å². The molecule has 0 radical (unpaired) electrons. The largest absolute Gasteiger partial charge is 0.493 e. The Bertz CT molecular complexity index is 909. The Morgan fingerprint density at radius 3 is 1.59 bits per heavy atom. The van der Waals surface area contributed by atoms with Crippen LogP contribution in [0.2, 0.25) is 0 Å². The molecule has 0 aromatic heterocycles. The van der Waals surface area contributed by atoms with Gasteiger partial charge < -0.3 is 28.4 Å². The second-order valence-electron chi connectivity index (χ2n) is 7.48. The van der Waals surface area contributed by atoms with Gasteiger partial charge in [0.1, 0.15) is 13.1 Å². The summed E-state index contributed by atoms with van der Waals surface area (Å²) >= 11 is 0. The highest BCUT2D eigenvalue weighted by Crippen LogP contribution is 2.39. The van der Waals surface area contributed by atoms with E-state index in [0.717, 1.165) is 43.7 Å². The van der Waals surface area contributed by atoms with Gasteiger partial charge in [-0.15, -0.1) is 0 Å². The maximum atomic E-state index is 5.49. The second kappa shape index (κ2) is 10.8. The first-order valence-electron chi connectivity index (χ1n) is 10.5. The van der Waals surface area contributed by atoms with Gasteiger partial charge in [-0.25, -0.2) is 0 Å². The lowest BCUT2D eigenvalue weighted by atomic mass is 10.1. The molecule has 0 aliphatic carbocycles. The molecule has 8 heteroatoms. The molecule has 1 aliphatic heterocycles. The number of benzene rings is 2. The van der Waals surface area contributed by atoms with Gasteiger partial charge in [0.2, 0.25) is 17.8 Å². The SMILES string of the molecule is COc1cc(CN2C=[N+](Cc3cc(OC)c(OC)c(OC)c3)CCC2)cc(OC)c1OC. The third-order valence-electron chi connectivity index (χ3n) is 5.44. The van der Waals surface area contributed by atoms with Crippen molar-refractivity contribution < 1.29 is 33.0 Å². The van der Waals surface area contributed by atoms with Crippen molar-refractivity contribution >= 4 is 6.34 Å². The van der Waals surface area contributed by atoms with E-state index in [1.54, 1.807) is 42.7 Å². The third kappa shape index (κ3) is 5.12. The predicted molar refractivity (Wildman–Crippen MR) is 122 cm³/mol. The molecule has 174 valence electrons. The summed E-state index contributed by atoms with van der Waals surface area (Å²) in [5, 5.41) is 0. The molecule has 0 unspecified atom stereocenters. The highest BCUT2D eigenvalue weighted by molar-refractivity contribution is 5.56. The molecule has 2 aromatic rings. The lowest BCUT2D eigenvalue weighted by Gasteiger charge is -2.22. The van der Waals surface area contributed by atoms with Crippen LogP contribution in [0.4, 0.5) is 0 Å². The number of hydrogen-bond acceptors (Lipinski definition) is 7. The first-order chi connectivity index (χ1) is 15.6. The second-order valence-corrected chi connectivity index (χ2v) is 7.48. The van der Waals surface area contributed by atoms with Gasteiger partial charge in [-0.1, -0.05) is 0 Å². The summed E-state index contributed by atoms with van der Waals surface area (Å²) in [4.78, 5) is 2.29. The Balaban J connectivity index is 1.81. The molecule has 0 saturated heterocycles. The molecule has 3 rings (SSSR count). The van der Waals surface area contributed by atoms with Crippen LogP contribution in [0, 0.1) is 0 Å². The molecule has 0 amide bonds. The highest BCUT2D eigenvalue weighted by atomic mass is 16.5. The van der Waals surface area contributed by atoms with Gasteiger partial charge >= 0.3 is 0 Å². The van der Waals surface area contributed by atoms with Crippen LogP contribution in [-0.4, -0.2) is 71.6 Å². The molecular weight excluding hydrogens is 412 g/mol. The van der Waals surface area contributed by atoms with Gasteiger partial charge in [0, 0.05) is 17.5 Å². The standard InChI is InChI=1S/C24H33N2O6/c1-27-19-10-17(11-20(28-2)23(19)31-5)14-25-8-7-9-26(16-25)15-18-12-21(29-3)24(32-6)22(13-18)30-4/h10-13,16H,7-9,14-15H2,1-6H3/q+1. The maximum Gasteiger partial charge on any atom is 0.234 e. The van der Waals surface area contributed by atoms with Crippen LogP contribution in [0.5, 0.6) is 34.5 Å². The normalized spacial score (nSPS) is 13.3. The summed E-state index contributed by atoms with van der Waals surface area (Å²) < 4.78 is 35.1. The van der Waals surface area contributed by atoms with Gasteiger partial charge in [-0.3, -0.25) is 9.48 Å². The number of ether oxygens (including phenoxy) is 6. The topological polar surface area (TPSA) is 61.6 Å². The molecule has 0 atom stereocenters. The van der Waals surface area contributed by atoms with E-state index in [1.807, 2.05) is 24.3 Å². The van der Waals surface area contributed by atoms with Crippen molar-refractivity contribution in [2.45, 2.75) is 19.5 Å². The molecule has 32 heavy (non-hydrogen) atoms. The van der Waals surface area contributed by atoms with E-state index in [0.29, 0.717) is 34.5 Å². The van der Waals surface area contributed by atoms with Crippen LogP contribution in [0.25, 0.3) is 0 Å². The lowest BCUT2D eigenvalue weighted by molar-refractivity contribution is -0.549. The van der Waals surface area contributed by atoms with Crippen molar-refractivity contribution in [3.63, 3.8) is 0 Å². The van der Waals surface area contributed by atoms with Crippen LogP contribution in [0.1, 0.15) is 17.5 Å². The summed E-state index contributed by atoms with van der Waals surface area (Å²) in [7, 11) is 9.75. The summed E-state index contributed by atoms with van der Waals surface area (Å²) in [6, 6.07) is 7.97. The van der Waals surface area contributed by atoms with E-state index in [-0.39, 0.29) is 0 Å². The fourth-order valence-corrected chi connectivity index (χ4v) is 3.99. The molecule has 8 nitrogen and oxygen atoms in total. The monoisotopic (exact) mass is 445 g/mol. The average molecular weight is 446 g/mol. The Morgan fingerprint density at radius 2 is 1.16 bits per heavy atom. The minimum absolute atomic E-state index is 0.602. The predicted octanol–water partition coefficient (Wildman–Crippen LogP) is 3.18. The Morgan fingerprint density at radius 1 is 0.688 bits per heavy atom. The summed E-state index contributed by atoms with van der Waals surface area (Å²) in [6.07, 6.45) is 3.24.